The van der Waals surface area contributed by atoms with E-state index in [4.69, 9.17) is 0 Å². The smallest absolute Gasteiger partial charge is 0.0766 e. The molecular formula is C15H24Si. The van der Waals surface area contributed by atoms with Crippen LogP contribution in [-0.4, -0.2) is 8.07 Å². The van der Waals surface area contributed by atoms with E-state index in [9.17, 15) is 0 Å². The molecule has 0 amide bonds. The van der Waals surface area contributed by atoms with Gasteiger partial charge in [0, 0.05) is 0 Å². The summed E-state index contributed by atoms with van der Waals surface area (Å²) in [5.74, 6) is 0. The average Bonchev–Trinajstić information content (AvgIpc) is 2.37. The largest absolute Gasteiger partial charge is 0.0978 e. The van der Waals surface area contributed by atoms with Gasteiger partial charge in [0.1, 0.15) is 0 Å². The first-order valence-electron chi connectivity index (χ1n) is 6.48. The molecule has 0 saturated carbocycles. The van der Waals surface area contributed by atoms with Gasteiger partial charge in [-0.1, -0.05) is 81.0 Å². The normalized spacial score (nSPS) is 12.2. The second kappa shape index (κ2) is 6.69. The molecule has 0 fully saturated rings. The van der Waals surface area contributed by atoms with E-state index in [2.05, 4.69) is 62.9 Å². The fourth-order valence-electron chi connectivity index (χ4n) is 2.16. The van der Waals surface area contributed by atoms with Crippen LogP contribution in [0.2, 0.25) is 18.1 Å². The van der Waals surface area contributed by atoms with Gasteiger partial charge in [-0.05, 0) is 12.0 Å². The molecule has 0 unspecified atom stereocenters. The maximum Gasteiger partial charge on any atom is 0.0766 e. The van der Waals surface area contributed by atoms with E-state index in [0.717, 1.165) is 6.42 Å². The van der Waals surface area contributed by atoms with Crippen molar-refractivity contribution < 1.29 is 0 Å². The van der Waals surface area contributed by atoms with Crippen molar-refractivity contribution in [3.8, 4) is 0 Å². The Balaban J connectivity index is 2.59. The van der Waals surface area contributed by atoms with Gasteiger partial charge >= 0.3 is 0 Å². The minimum Gasteiger partial charge on any atom is -0.0978 e. The molecule has 1 aromatic rings. The predicted molar refractivity (Wildman–Crippen MR) is 76.5 cm³/mol. The Bertz CT molecular complexity index is 301. The number of allylic oxidation sites excluding steroid dienone is 1. The van der Waals surface area contributed by atoms with Crippen LogP contribution < -0.4 is 0 Å². The highest BCUT2D eigenvalue weighted by Crippen LogP contribution is 2.21. The lowest BCUT2D eigenvalue weighted by molar-refractivity contribution is 1.18. The molecule has 0 aromatic heterocycles. The summed E-state index contributed by atoms with van der Waals surface area (Å²) in [6.07, 6.45) is 3.49. The van der Waals surface area contributed by atoms with E-state index in [-0.39, 0.29) is 0 Å². The summed E-state index contributed by atoms with van der Waals surface area (Å²) < 4.78 is 0. The van der Waals surface area contributed by atoms with Crippen molar-refractivity contribution >= 4 is 8.07 Å². The third-order valence-corrected chi connectivity index (χ3v) is 8.95. The van der Waals surface area contributed by atoms with Crippen LogP contribution in [0, 0.1) is 0 Å². The first-order chi connectivity index (χ1) is 7.76. The maximum atomic E-state index is 2.57. The van der Waals surface area contributed by atoms with Crippen molar-refractivity contribution in [2.45, 2.75) is 45.3 Å². The van der Waals surface area contributed by atoms with Gasteiger partial charge in [0.25, 0.3) is 0 Å². The van der Waals surface area contributed by atoms with Crippen molar-refractivity contribution in [2.24, 2.45) is 0 Å². The molecule has 0 atom stereocenters. The summed E-state index contributed by atoms with van der Waals surface area (Å²) in [6.45, 7) is 7.06. The summed E-state index contributed by atoms with van der Waals surface area (Å²) in [4.78, 5) is 0. The van der Waals surface area contributed by atoms with Gasteiger partial charge in [0.15, 0.2) is 0 Å². The zero-order chi connectivity index (χ0) is 11.9. The third kappa shape index (κ3) is 3.64. The minimum absolute atomic E-state index is 1.05. The van der Waals surface area contributed by atoms with Crippen LogP contribution >= 0.6 is 0 Å². The van der Waals surface area contributed by atoms with Crippen LogP contribution in [0.15, 0.2) is 42.1 Å². The number of hydrogen-bond acceptors (Lipinski definition) is 0. The molecule has 1 rings (SSSR count). The van der Waals surface area contributed by atoms with Gasteiger partial charge in [-0.2, -0.15) is 0 Å². The lowest BCUT2D eigenvalue weighted by atomic mass is 10.2. The van der Waals surface area contributed by atoms with E-state index in [1.165, 1.54) is 23.7 Å². The molecule has 0 aliphatic rings. The van der Waals surface area contributed by atoms with E-state index in [1.807, 2.05) is 0 Å². The Kier molecular flexibility index (Phi) is 5.54. The fourth-order valence-corrected chi connectivity index (χ4v) is 4.99. The molecule has 0 heterocycles. The third-order valence-electron chi connectivity index (χ3n) is 3.78. The average molecular weight is 232 g/mol. The Morgan fingerprint density at radius 1 is 0.938 bits per heavy atom. The standard InChI is InChI=1S/C15H24Si/c1-4-16(5-2,6-3)14-10-13-15-11-8-7-9-12-15/h7-12,14H,4-6,13H2,1-3H3/b14-10+. The summed E-state index contributed by atoms with van der Waals surface area (Å²) in [7, 11) is -1.05. The van der Waals surface area contributed by atoms with Gasteiger partial charge in [-0.25, -0.2) is 0 Å². The molecule has 0 bridgehead atoms. The van der Waals surface area contributed by atoms with E-state index >= 15 is 0 Å². The Hall–Kier alpha value is -0.823. The van der Waals surface area contributed by atoms with Crippen LogP contribution in [0.25, 0.3) is 0 Å². The number of rotatable bonds is 6. The van der Waals surface area contributed by atoms with Gasteiger partial charge in [-0.3, -0.25) is 0 Å². The van der Waals surface area contributed by atoms with Crippen LogP contribution in [0.4, 0.5) is 0 Å². The topological polar surface area (TPSA) is 0 Å². The molecule has 0 radical (unpaired) electrons. The first-order valence-corrected chi connectivity index (χ1v) is 9.18. The van der Waals surface area contributed by atoms with Crippen LogP contribution in [0.5, 0.6) is 0 Å². The van der Waals surface area contributed by atoms with Crippen molar-refractivity contribution in [3.63, 3.8) is 0 Å². The molecule has 1 heteroatoms. The van der Waals surface area contributed by atoms with Crippen molar-refractivity contribution in [3.05, 3.63) is 47.7 Å². The molecule has 0 saturated heterocycles. The van der Waals surface area contributed by atoms with Crippen LogP contribution in [-0.2, 0) is 6.42 Å². The Morgan fingerprint density at radius 3 is 2.00 bits per heavy atom. The van der Waals surface area contributed by atoms with Crippen LogP contribution in [0.1, 0.15) is 26.3 Å². The number of hydrogen-bond donors (Lipinski definition) is 0. The second-order valence-electron chi connectivity index (χ2n) is 4.52. The lowest BCUT2D eigenvalue weighted by Crippen LogP contribution is -2.28. The van der Waals surface area contributed by atoms with E-state index in [0.29, 0.717) is 0 Å². The quantitative estimate of drug-likeness (QED) is 0.616. The molecule has 88 valence electrons. The van der Waals surface area contributed by atoms with Gasteiger partial charge in [0.05, 0.1) is 8.07 Å². The Morgan fingerprint density at radius 2 is 1.50 bits per heavy atom. The first kappa shape index (κ1) is 13.2. The molecule has 0 spiro atoms. The minimum atomic E-state index is -1.05. The number of benzene rings is 1. The summed E-state index contributed by atoms with van der Waals surface area (Å²) in [5, 5.41) is 0. The highest BCUT2D eigenvalue weighted by molar-refractivity contribution is 6.84. The highest BCUT2D eigenvalue weighted by atomic mass is 28.3. The van der Waals surface area contributed by atoms with E-state index < -0.39 is 8.07 Å². The molecule has 0 aliphatic carbocycles. The van der Waals surface area contributed by atoms with Gasteiger partial charge in [0.2, 0.25) is 0 Å². The zero-order valence-corrected chi connectivity index (χ0v) is 11.9. The predicted octanol–water partition coefficient (Wildman–Crippen LogP) is 4.83. The Labute approximate surface area is 101 Å². The summed E-state index contributed by atoms with van der Waals surface area (Å²) in [5.41, 5.74) is 3.99. The molecule has 0 nitrogen and oxygen atoms in total. The molecule has 1 aromatic carbocycles. The molecule has 0 N–H and O–H groups in total. The zero-order valence-electron chi connectivity index (χ0n) is 10.9. The van der Waals surface area contributed by atoms with Gasteiger partial charge < -0.3 is 0 Å². The van der Waals surface area contributed by atoms with Crippen molar-refractivity contribution in [1.29, 1.82) is 0 Å². The molecular weight excluding hydrogens is 208 g/mol. The summed E-state index contributed by atoms with van der Waals surface area (Å²) >= 11 is 0. The van der Waals surface area contributed by atoms with Gasteiger partial charge in [-0.15, -0.1) is 0 Å². The highest BCUT2D eigenvalue weighted by Gasteiger charge is 2.22. The fraction of sp³-hybridized carbons (Fsp3) is 0.467. The van der Waals surface area contributed by atoms with Crippen molar-refractivity contribution in [2.75, 3.05) is 0 Å². The van der Waals surface area contributed by atoms with E-state index in [1.54, 1.807) is 0 Å². The monoisotopic (exact) mass is 232 g/mol. The maximum absolute atomic E-state index is 2.57. The lowest BCUT2D eigenvalue weighted by Gasteiger charge is -2.23. The molecule has 0 aliphatic heterocycles. The second-order valence-corrected chi connectivity index (χ2v) is 9.69. The SMILES string of the molecule is CC[Si](/C=C/Cc1ccccc1)(CC)CC. The molecule has 16 heavy (non-hydrogen) atoms. The summed E-state index contributed by atoms with van der Waals surface area (Å²) in [6, 6.07) is 14.9. The van der Waals surface area contributed by atoms with Crippen molar-refractivity contribution in [1.82, 2.24) is 0 Å². The van der Waals surface area contributed by atoms with Crippen LogP contribution in [0.3, 0.4) is 0 Å².